The summed E-state index contributed by atoms with van der Waals surface area (Å²) in [4.78, 5) is 10.9. The van der Waals surface area contributed by atoms with Crippen LogP contribution in [-0.4, -0.2) is 29.1 Å². The van der Waals surface area contributed by atoms with Gasteiger partial charge in [-0.2, -0.15) is 0 Å². The summed E-state index contributed by atoms with van der Waals surface area (Å²) in [6.07, 6.45) is 3.61. The van der Waals surface area contributed by atoms with Crippen molar-refractivity contribution < 1.29 is 4.42 Å². The lowest BCUT2D eigenvalue weighted by atomic mass is 10.1. The molecule has 1 saturated heterocycles. The molecule has 1 aliphatic heterocycles. The summed E-state index contributed by atoms with van der Waals surface area (Å²) in [6, 6.07) is 3.68. The van der Waals surface area contributed by atoms with E-state index in [1.165, 1.54) is 6.33 Å². The lowest BCUT2D eigenvalue weighted by molar-refractivity contribution is 0.502. The first-order chi connectivity index (χ1) is 10.6. The summed E-state index contributed by atoms with van der Waals surface area (Å²) in [5.74, 6) is 0.767. The number of halogens is 2. The first-order valence-electron chi connectivity index (χ1n) is 7.17. The highest BCUT2D eigenvalue weighted by molar-refractivity contribution is 6.46. The van der Waals surface area contributed by atoms with E-state index >= 15 is 0 Å². The van der Waals surface area contributed by atoms with Gasteiger partial charge >= 0.3 is 0 Å². The molecule has 0 radical (unpaired) electrons. The molecule has 2 N–H and O–H groups in total. The number of aromatic nitrogens is 2. The molecule has 0 aliphatic carbocycles. The molecule has 4 rings (SSSR count). The van der Waals surface area contributed by atoms with E-state index in [0.717, 1.165) is 37.1 Å². The monoisotopic (exact) mass is 336 g/mol. The Kier molecular flexibility index (Phi) is 3.36. The molecule has 0 spiro atoms. The van der Waals surface area contributed by atoms with Gasteiger partial charge in [0.15, 0.2) is 11.4 Å². The predicted octanol–water partition coefficient (Wildman–Crippen LogP) is 3.61. The molecule has 5 nitrogen and oxygen atoms in total. The highest BCUT2D eigenvalue weighted by atomic mass is 35.5. The van der Waals surface area contributed by atoms with Gasteiger partial charge in [-0.25, -0.2) is 9.97 Å². The Labute approximate surface area is 137 Å². The van der Waals surface area contributed by atoms with E-state index < -0.39 is 0 Å². The maximum absolute atomic E-state index is 6.32. The van der Waals surface area contributed by atoms with Crippen molar-refractivity contribution in [2.45, 2.75) is 18.9 Å². The highest BCUT2D eigenvalue weighted by Gasteiger charge is 2.23. The zero-order valence-corrected chi connectivity index (χ0v) is 13.2. The van der Waals surface area contributed by atoms with Crippen molar-refractivity contribution in [2.24, 2.45) is 5.73 Å². The SMILES string of the molecule is N[C@H]1CCCN(c2ncnc3c2oc2ccc(Cl)c(Cl)c23)C1. The Hall–Kier alpha value is -1.56. The molecular weight excluding hydrogens is 323 g/mol. The van der Waals surface area contributed by atoms with Gasteiger partial charge in [0.1, 0.15) is 17.4 Å². The van der Waals surface area contributed by atoms with Gasteiger partial charge < -0.3 is 15.1 Å². The number of piperidine rings is 1. The van der Waals surface area contributed by atoms with Crippen molar-refractivity contribution in [3.63, 3.8) is 0 Å². The van der Waals surface area contributed by atoms with Crippen LogP contribution in [0, 0.1) is 0 Å². The van der Waals surface area contributed by atoms with Crippen LogP contribution in [0.15, 0.2) is 22.9 Å². The minimum atomic E-state index is 0.154. The van der Waals surface area contributed by atoms with E-state index in [0.29, 0.717) is 26.7 Å². The Bertz CT molecular complexity index is 863. The predicted molar refractivity (Wildman–Crippen MR) is 88.8 cm³/mol. The molecule has 3 heterocycles. The molecule has 1 aliphatic rings. The third kappa shape index (κ3) is 2.12. The number of nitrogens with two attached hydrogens (primary N) is 1. The van der Waals surface area contributed by atoms with Crippen molar-refractivity contribution in [3.8, 4) is 0 Å². The van der Waals surface area contributed by atoms with E-state index in [1.54, 1.807) is 12.1 Å². The van der Waals surface area contributed by atoms with Crippen molar-refractivity contribution in [2.75, 3.05) is 18.0 Å². The van der Waals surface area contributed by atoms with Crippen LogP contribution >= 0.6 is 23.2 Å². The molecule has 0 unspecified atom stereocenters. The number of rotatable bonds is 1. The van der Waals surface area contributed by atoms with Gasteiger partial charge in [0.2, 0.25) is 0 Å². The second kappa shape index (κ2) is 5.26. The number of benzene rings is 1. The topological polar surface area (TPSA) is 68.2 Å². The smallest absolute Gasteiger partial charge is 0.196 e. The third-order valence-electron chi connectivity index (χ3n) is 4.05. The van der Waals surface area contributed by atoms with Crippen LogP contribution in [0.4, 0.5) is 5.82 Å². The molecule has 1 aromatic carbocycles. The molecule has 114 valence electrons. The number of hydrogen-bond acceptors (Lipinski definition) is 5. The van der Waals surface area contributed by atoms with Gasteiger partial charge in [-0.15, -0.1) is 0 Å². The standard InChI is InChI=1S/C15H14Cl2N4O/c16-9-3-4-10-11(12(9)17)13-14(22-10)15(20-7-19-13)21-5-1-2-8(18)6-21/h3-4,7-8H,1-2,5-6,18H2/t8-/m0/s1. The van der Waals surface area contributed by atoms with Gasteiger partial charge in [-0.1, -0.05) is 23.2 Å². The molecule has 0 amide bonds. The van der Waals surface area contributed by atoms with Gasteiger partial charge in [0.25, 0.3) is 0 Å². The molecule has 22 heavy (non-hydrogen) atoms. The number of hydrogen-bond donors (Lipinski definition) is 1. The van der Waals surface area contributed by atoms with E-state index in [9.17, 15) is 0 Å². The Morgan fingerprint density at radius 1 is 1.27 bits per heavy atom. The van der Waals surface area contributed by atoms with Crippen LogP contribution in [0.3, 0.4) is 0 Å². The summed E-state index contributed by atoms with van der Waals surface area (Å²) in [5.41, 5.74) is 8.05. The number of anilines is 1. The summed E-state index contributed by atoms with van der Waals surface area (Å²) < 4.78 is 5.96. The van der Waals surface area contributed by atoms with Crippen molar-refractivity contribution in [1.29, 1.82) is 0 Å². The summed E-state index contributed by atoms with van der Waals surface area (Å²) in [5, 5.41) is 1.67. The van der Waals surface area contributed by atoms with Crippen LogP contribution < -0.4 is 10.6 Å². The zero-order valence-electron chi connectivity index (χ0n) is 11.7. The molecule has 0 bridgehead atoms. The average molecular weight is 337 g/mol. The third-order valence-corrected chi connectivity index (χ3v) is 4.85. The molecule has 7 heteroatoms. The van der Waals surface area contributed by atoms with Gasteiger partial charge in [0.05, 0.1) is 15.4 Å². The lowest BCUT2D eigenvalue weighted by Gasteiger charge is -2.31. The fraction of sp³-hybridized carbons (Fsp3) is 0.333. The maximum atomic E-state index is 6.32. The number of furan rings is 1. The van der Waals surface area contributed by atoms with Crippen LogP contribution in [0.5, 0.6) is 0 Å². The summed E-state index contributed by atoms with van der Waals surface area (Å²) in [6.45, 7) is 1.67. The Morgan fingerprint density at radius 3 is 2.95 bits per heavy atom. The van der Waals surface area contributed by atoms with Crippen molar-refractivity contribution >= 4 is 51.1 Å². The first-order valence-corrected chi connectivity index (χ1v) is 7.92. The quantitative estimate of drug-likeness (QED) is 0.735. The molecular formula is C15H14Cl2N4O. The number of fused-ring (bicyclic) bond motifs is 3. The lowest BCUT2D eigenvalue weighted by Crippen LogP contribution is -2.43. The van der Waals surface area contributed by atoms with Crippen LogP contribution in [0.2, 0.25) is 10.0 Å². The van der Waals surface area contributed by atoms with E-state index in [1.807, 2.05) is 0 Å². The van der Waals surface area contributed by atoms with Gasteiger partial charge in [-0.05, 0) is 25.0 Å². The van der Waals surface area contributed by atoms with Gasteiger partial charge in [-0.3, -0.25) is 0 Å². The molecule has 3 aromatic rings. The van der Waals surface area contributed by atoms with E-state index in [-0.39, 0.29) is 6.04 Å². The molecule has 1 atom stereocenters. The largest absolute Gasteiger partial charge is 0.450 e. The van der Waals surface area contributed by atoms with E-state index in [2.05, 4.69) is 14.9 Å². The Morgan fingerprint density at radius 2 is 2.14 bits per heavy atom. The highest BCUT2D eigenvalue weighted by Crippen LogP contribution is 2.39. The van der Waals surface area contributed by atoms with Crippen LogP contribution in [0.25, 0.3) is 22.1 Å². The van der Waals surface area contributed by atoms with Crippen LogP contribution in [0.1, 0.15) is 12.8 Å². The van der Waals surface area contributed by atoms with E-state index in [4.69, 9.17) is 33.4 Å². The fourth-order valence-corrected chi connectivity index (χ4v) is 3.42. The number of nitrogens with zero attached hydrogens (tertiary/aromatic N) is 3. The normalized spacial score (nSPS) is 19.2. The zero-order chi connectivity index (χ0) is 15.3. The maximum Gasteiger partial charge on any atom is 0.196 e. The molecule has 0 saturated carbocycles. The first kappa shape index (κ1) is 14.1. The average Bonchev–Trinajstić information content (AvgIpc) is 2.90. The summed E-state index contributed by atoms with van der Waals surface area (Å²) >= 11 is 12.4. The fourth-order valence-electron chi connectivity index (χ4n) is 3.01. The second-order valence-electron chi connectivity index (χ2n) is 5.56. The second-order valence-corrected chi connectivity index (χ2v) is 6.35. The summed E-state index contributed by atoms with van der Waals surface area (Å²) in [7, 11) is 0. The van der Waals surface area contributed by atoms with Gasteiger partial charge in [0, 0.05) is 19.1 Å². The van der Waals surface area contributed by atoms with Crippen LogP contribution in [-0.2, 0) is 0 Å². The minimum absolute atomic E-state index is 0.154. The molecule has 2 aromatic heterocycles. The minimum Gasteiger partial charge on any atom is -0.450 e. The Balaban J connectivity index is 1.95. The van der Waals surface area contributed by atoms with Crippen molar-refractivity contribution in [1.82, 2.24) is 9.97 Å². The van der Waals surface area contributed by atoms with Crippen molar-refractivity contribution in [3.05, 3.63) is 28.5 Å². The molecule has 1 fully saturated rings.